The summed E-state index contributed by atoms with van der Waals surface area (Å²) in [4.78, 5) is 0. The Morgan fingerprint density at radius 3 is 1.41 bits per heavy atom. The molecule has 2 heterocycles. The maximum Gasteiger partial charge on any atom is 0.268 e. The van der Waals surface area contributed by atoms with Crippen LogP contribution in [0, 0.1) is 0 Å². The molecule has 2 aliphatic rings. The standard InChI is InChI=1S/C24H26O5/c1-3-15-27-23(21-17-25-21,19-11-7-5-8-12-19)29-24(22-18-26-22,28-16-4-2)20-13-9-6-10-14-20/h3-16,21-22H,17-18H2,1-2H3. The molecule has 5 nitrogen and oxygen atoms in total. The molecule has 4 atom stereocenters. The number of rotatable bonds is 10. The predicted octanol–water partition coefficient (Wildman–Crippen LogP) is 4.61. The Morgan fingerprint density at radius 2 is 1.10 bits per heavy atom. The molecule has 29 heavy (non-hydrogen) atoms. The molecule has 0 aromatic heterocycles. The molecule has 0 bridgehead atoms. The highest BCUT2D eigenvalue weighted by atomic mass is 16.8. The van der Waals surface area contributed by atoms with Gasteiger partial charge in [0.25, 0.3) is 11.6 Å². The van der Waals surface area contributed by atoms with Gasteiger partial charge in [0.05, 0.1) is 25.7 Å². The van der Waals surface area contributed by atoms with Crippen molar-refractivity contribution in [2.75, 3.05) is 13.2 Å². The van der Waals surface area contributed by atoms with Crippen molar-refractivity contribution in [1.82, 2.24) is 0 Å². The van der Waals surface area contributed by atoms with Crippen molar-refractivity contribution < 1.29 is 23.7 Å². The Kier molecular flexibility index (Phi) is 5.72. The summed E-state index contributed by atoms with van der Waals surface area (Å²) in [5.41, 5.74) is 1.70. The Balaban J connectivity index is 1.84. The summed E-state index contributed by atoms with van der Waals surface area (Å²) in [6, 6.07) is 19.7. The fourth-order valence-corrected chi connectivity index (χ4v) is 3.40. The van der Waals surface area contributed by atoms with Crippen LogP contribution in [-0.2, 0) is 35.3 Å². The lowest BCUT2D eigenvalue weighted by molar-refractivity contribution is -0.361. The topological polar surface area (TPSA) is 52.8 Å². The average molecular weight is 394 g/mol. The summed E-state index contributed by atoms with van der Waals surface area (Å²) in [6.07, 6.45) is 6.39. The number of epoxide rings is 2. The first-order chi connectivity index (χ1) is 14.2. The van der Waals surface area contributed by atoms with Gasteiger partial charge in [-0.2, -0.15) is 0 Å². The Hall–Kier alpha value is -2.60. The summed E-state index contributed by atoms with van der Waals surface area (Å²) in [5, 5.41) is 0. The highest BCUT2D eigenvalue weighted by Gasteiger charge is 2.62. The first-order valence-corrected chi connectivity index (χ1v) is 9.87. The van der Waals surface area contributed by atoms with Crippen LogP contribution in [0.25, 0.3) is 0 Å². The van der Waals surface area contributed by atoms with E-state index >= 15 is 0 Å². The van der Waals surface area contributed by atoms with Crippen LogP contribution in [0.5, 0.6) is 0 Å². The van der Waals surface area contributed by atoms with Crippen molar-refractivity contribution >= 4 is 0 Å². The van der Waals surface area contributed by atoms with Crippen LogP contribution in [-0.4, -0.2) is 25.4 Å². The zero-order valence-electron chi connectivity index (χ0n) is 16.7. The minimum absolute atomic E-state index is 0.267. The van der Waals surface area contributed by atoms with E-state index in [1.807, 2.05) is 86.7 Å². The first kappa shape index (κ1) is 19.7. The molecule has 0 radical (unpaired) electrons. The molecule has 4 rings (SSSR count). The first-order valence-electron chi connectivity index (χ1n) is 9.87. The van der Waals surface area contributed by atoms with Crippen LogP contribution >= 0.6 is 0 Å². The van der Waals surface area contributed by atoms with E-state index in [2.05, 4.69) is 0 Å². The van der Waals surface area contributed by atoms with Gasteiger partial charge < -0.3 is 18.9 Å². The lowest BCUT2D eigenvalue weighted by Crippen LogP contribution is -2.49. The second-order valence-corrected chi connectivity index (χ2v) is 6.99. The fraction of sp³-hybridized carbons (Fsp3) is 0.333. The molecule has 0 spiro atoms. The van der Waals surface area contributed by atoms with Crippen molar-refractivity contribution in [2.24, 2.45) is 0 Å². The van der Waals surface area contributed by atoms with Crippen LogP contribution in [0.3, 0.4) is 0 Å². The summed E-state index contributed by atoms with van der Waals surface area (Å²) < 4.78 is 30.8. The van der Waals surface area contributed by atoms with Crippen LogP contribution in [0.1, 0.15) is 25.0 Å². The van der Waals surface area contributed by atoms with Gasteiger partial charge in [0.2, 0.25) is 0 Å². The molecule has 0 aliphatic carbocycles. The van der Waals surface area contributed by atoms with E-state index < -0.39 is 11.6 Å². The molecule has 152 valence electrons. The Labute approximate surface area is 171 Å². The van der Waals surface area contributed by atoms with Gasteiger partial charge in [-0.05, 0) is 13.8 Å². The van der Waals surface area contributed by atoms with Gasteiger partial charge in [-0.1, -0.05) is 72.8 Å². The number of hydrogen-bond donors (Lipinski definition) is 0. The predicted molar refractivity (Wildman–Crippen MR) is 109 cm³/mol. The second-order valence-electron chi connectivity index (χ2n) is 6.99. The van der Waals surface area contributed by atoms with Gasteiger partial charge in [0, 0.05) is 11.1 Å². The number of hydrogen-bond acceptors (Lipinski definition) is 5. The van der Waals surface area contributed by atoms with E-state index in [4.69, 9.17) is 23.7 Å². The highest BCUT2D eigenvalue weighted by Crippen LogP contribution is 2.49. The van der Waals surface area contributed by atoms with Crippen LogP contribution < -0.4 is 0 Å². The van der Waals surface area contributed by atoms with Gasteiger partial charge in [0.1, 0.15) is 0 Å². The number of benzene rings is 2. The monoisotopic (exact) mass is 394 g/mol. The number of allylic oxidation sites excluding steroid dienone is 2. The van der Waals surface area contributed by atoms with E-state index in [1.54, 1.807) is 12.5 Å². The molecular weight excluding hydrogens is 368 g/mol. The van der Waals surface area contributed by atoms with Crippen molar-refractivity contribution in [2.45, 2.75) is 37.6 Å². The summed E-state index contributed by atoms with van der Waals surface area (Å²) in [7, 11) is 0. The van der Waals surface area contributed by atoms with Crippen LogP contribution in [0.4, 0.5) is 0 Å². The molecule has 4 unspecified atom stereocenters. The largest absolute Gasteiger partial charge is 0.463 e. The van der Waals surface area contributed by atoms with Crippen molar-refractivity contribution in [3.8, 4) is 0 Å². The maximum atomic E-state index is 6.85. The quantitative estimate of drug-likeness (QED) is 0.335. The third-order valence-electron chi connectivity index (χ3n) is 4.93. The van der Waals surface area contributed by atoms with Crippen LogP contribution in [0.15, 0.2) is 85.3 Å². The van der Waals surface area contributed by atoms with E-state index in [9.17, 15) is 0 Å². The molecule has 2 aromatic rings. The molecule has 5 heteroatoms. The highest BCUT2D eigenvalue weighted by molar-refractivity contribution is 5.28. The molecule has 2 aromatic carbocycles. The van der Waals surface area contributed by atoms with Crippen LogP contribution in [0.2, 0.25) is 0 Å². The van der Waals surface area contributed by atoms with E-state index in [0.29, 0.717) is 13.2 Å². The van der Waals surface area contributed by atoms with Gasteiger partial charge >= 0.3 is 0 Å². The normalized spacial score (nSPS) is 24.8. The SMILES string of the molecule is CC=COC(OC(OC=CC)(c1ccccc1)C1CO1)(c1ccccc1)C1CO1. The maximum absolute atomic E-state index is 6.85. The smallest absolute Gasteiger partial charge is 0.268 e. The van der Waals surface area contributed by atoms with Gasteiger partial charge in [-0.25, -0.2) is 0 Å². The van der Waals surface area contributed by atoms with Gasteiger partial charge in [0.15, 0.2) is 12.2 Å². The van der Waals surface area contributed by atoms with Gasteiger partial charge in [-0.15, -0.1) is 0 Å². The van der Waals surface area contributed by atoms with Crippen molar-refractivity contribution in [3.05, 3.63) is 96.5 Å². The minimum atomic E-state index is -1.18. The zero-order valence-corrected chi connectivity index (χ0v) is 16.7. The number of ether oxygens (including phenoxy) is 5. The zero-order chi connectivity index (χ0) is 20.2. The Bertz CT molecular complexity index is 771. The van der Waals surface area contributed by atoms with Crippen molar-refractivity contribution in [3.63, 3.8) is 0 Å². The summed E-state index contributed by atoms with van der Waals surface area (Å²) in [6.45, 7) is 4.86. The molecule has 0 N–H and O–H groups in total. The molecule has 0 amide bonds. The molecule has 2 fully saturated rings. The third-order valence-corrected chi connectivity index (χ3v) is 4.93. The minimum Gasteiger partial charge on any atom is -0.463 e. The molecule has 0 saturated carbocycles. The summed E-state index contributed by atoms with van der Waals surface area (Å²) in [5.74, 6) is -2.37. The summed E-state index contributed by atoms with van der Waals surface area (Å²) >= 11 is 0. The fourth-order valence-electron chi connectivity index (χ4n) is 3.40. The lowest BCUT2D eigenvalue weighted by Gasteiger charge is -2.41. The second kappa shape index (κ2) is 8.41. The molecule has 2 saturated heterocycles. The van der Waals surface area contributed by atoms with E-state index in [0.717, 1.165) is 11.1 Å². The van der Waals surface area contributed by atoms with E-state index in [-0.39, 0.29) is 12.2 Å². The van der Waals surface area contributed by atoms with Crippen molar-refractivity contribution in [1.29, 1.82) is 0 Å². The van der Waals surface area contributed by atoms with E-state index in [1.165, 1.54) is 0 Å². The lowest BCUT2D eigenvalue weighted by atomic mass is 9.98. The molecular formula is C24H26O5. The third kappa shape index (κ3) is 3.94. The Morgan fingerprint density at radius 1 is 0.724 bits per heavy atom. The van der Waals surface area contributed by atoms with Gasteiger partial charge in [-0.3, -0.25) is 4.74 Å². The average Bonchev–Trinajstić information content (AvgIpc) is 3.67. The molecule has 2 aliphatic heterocycles.